The summed E-state index contributed by atoms with van der Waals surface area (Å²) in [6.07, 6.45) is 3.31. The number of nitrogens with zero attached hydrogens (tertiary/aromatic N) is 4. The molecule has 0 unspecified atom stereocenters. The highest BCUT2D eigenvalue weighted by atomic mass is 32.2. The summed E-state index contributed by atoms with van der Waals surface area (Å²) >= 11 is 1.47. The van der Waals surface area contributed by atoms with E-state index in [0.717, 1.165) is 21.8 Å². The molecule has 0 bridgehead atoms. The van der Waals surface area contributed by atoms with Crippen molar-refractivity contribution in [2.45, 2.75) is 23.9 Å². The molecule has 0 radical (unpaired) electrons. The molecule has 3 heterocycles. The number of anilines is 1. The van der Waals surface area contributed by atoms with E-state index in [1.54, 1.807) is 30.6 Å². The highest BCUT2D eigenvalue weighted by Gasteiger charge is 2.14. The smallest absolute Gasteiger partial charge is 0.277 e. The molecule has 144 valence electrons. The predicted molar refractivity (Wildman–Crippen MR) is 110 cm³/mol. The maximum absolute atomic E-state index is 12.4. The van der Waals surface area contributed by atoms with Crippen LogP contribution in [0.5, 0.6) is 0 Å². The van der Waals surface area contributed by atoms with Crippen molar-refractivity contribution in [2.75, 3.05) is 5.32 Å². The third-order valence-electron chi connectivity index (χ3n) is 3.99. The summed E-state index contributed by atoms with van der Waals surface area (Å²) in [6.45, 7) is 3.89. The summed E-state index contributed by atoms with van der Waals surface area (Å²) in [6, 6.07) is 14.6. The van der Waals surface area contributed by atoms with Crippen LogP contribution in [0.1, 0.15) is 21.9 Å². The molecule has 1 aromatic carbocycles. The Bertz CT molecular complexity index is 1120. The molecule has 1 amide bonds. The lowest BCUT2D eigenvalue weighted by molar-refractivity contribution is 0.101. The number of aryl methyl sites for hydroxylation is 2. The Balaban J connectivity index is 1.42. The third kappa shape index (κ3) is 4.67. The van der Waals surface area contributed by atoms with Crippen molar-refractivity contribution in [3.8, 4) is 11.3 Å². The summed E-state index contributed by atoms with van der Waals surface area (Å²) in [5.41, 5.74) is 3.54. The first-order valence-corrected chi connectivity index (χ1v) is 9.67. The van der Waals surface area contributed by atoms with E-state index < -0.39 is 0 Å². The van der Waals surface area contributed by atoms with Gasteiger partial charge in [0.15, 0.2) is 16.6 Å². The first-order chi connectivity index (χ1) is 14.1. The Kier molecular flexibility index (Phi) is 5.35. The van der Waals surface area contributed by atoms with Crippen molar-refractivity contribution in [3.05, 3.63) is 78.0 Å². The standard InChI is InChI=1S/C21H17N5O2S/c1-13-11-14(2)24-21(23-13)29-17-5-3-16(4-6-17)25-20(27)18-12-19(28-26-18)15-7-9-22-10-8-15/h3-12H,1-2H3,(H,25,27). The van der Waals surface area contributed by atoms with Crippen molar-refractivity contribution in [1.29, 1.82) is 0 Å². The third-order valence-corrected chi connectivity index (χ3v) is 4.86. The maximum atomic E-state index is 12.4. The van der Waals surface area contributed by atoms with Crippen molar-refractivity contribution in [3.63, 3.8) is 0 Å². The second-order valence-corrected chi connectivity index (χ2v) is 7.37. The minimum Gasteiger partial charge on any atom is -0.355 e. The van der Waals surface area contributed by atoms with Gasteiger partial charge in [0.2, 0.25) is 0 Å². The van der Waals surface area contributed by atoms with Gasteiger partial charge >= 0.3 is 0 Å². The van der Waals surface area contributed by atoms with E-state index in [1.165, 1.54) is 11.8 Å². The topological polar surface area (TPSA) is 93.8 Å². The lowest BCUT2D eigenvalue weighted by Crippen LogP contribution is -2.11. The highest BCUT2D eigenvalue weighted by molar-refractivity contribution is 7.99. The summed E-state index contributed by atoms with van der Waals surface area (Å²) in [4.78, 5) is 26.2. The van der Waals surface area contributed by atoms with Gasteiger partial charge in [0.05, 0.1) is 0 Å². The SMILES string of the molecule is Cc1cc(C)nc(Sc2ccc(NC(=O)c3cc(-c4ccncc4)on3)cc2)n1. The molecule has 3 aromatic heterocycles. The molecule has 0 aliphatic rings. The van der Waals surface area contributed by atoms with E-state index in [1.807, 2.05) is 44.2 Å². The molecule has 0 spiro atoms. The molecule has 7 nitrogen and oxygen atoms in total. The van der Waals surface area contributed by atoms with Crippen LogP contribution in [-0.4, -0.2) is 26.0 Å². The highest BCUT2D eigenvalue weighted by Crippen LogP contribution is 2.26. The molecule has 0 aliphatic carbocycles. The number of aromatic nitrogens is 4. The fraction of sp³-hybridized carbons (Fsp3) is 0.0952. The Morgan fingerprint density at radius 3 is 2.34 bits per heavy atom. The molecule has 0 fully saturated rings. The molecule has 0 saturated heterocycles. The average Bonchev–Trinajstić information content (AvgIpc) is 3.20. The van der Waals surface area contributed by atoms with Gasteiger partial charge in [-0.25, -0.2) is 9.97 Å². The van der Waals surface area contributed by atoms with Gasteiger partial charge in [-0.2, -0.15) is 0 Å². The van der Waals surface area contributed by atoms with Gasteiger partial charge in [0.1, 0.15) is 0 Å². The number of nitrogens with one attached hydrogen (secondary N) is 1. The lowest BCUT2D eigenvalue weighted by Gasteiger charge is -2.05. The van der Waals surface area contributed by atoms with E-state index in [2.05, 4.69) is 25.4 Å². The van der Waals surface area contributed by atoms with Gasteiger partial charge in [-0.15, -0.1) is 0 Å². The van der Waals surface area contributed by atoms with Crippen molar-refractivity contribution in [1.82, 2.24) is 20.1 Å². The molecule has 0 aliphatic heterocycles. The van der Waals surface area contributed by atoms with Crippen molar-refractivity contribution < 1.29 is 9.32 Å². The van der Waals surface area contributed by atoms with Gasteiger partial charge in [-0.3, -0.25) is 9.78 Å². The predicted octanol–water partition coefficient (Wildman–Crippen LogP) is 4.55. The zero-order valence-electron chi connectivity index (χ0n) is 15.8. The van der Waals surface area contributed by atoms with E-state index in [-0.39, 0.29) is 11.6 Å². The van der Waals surface area contributed by atoms with Crippen LogP contribution in [0, 0.1) is 13.8 Å². The largest absolute Gasteiger partial charge is 0.355 e. The first-order valence-electron chi connectivity index (χ1n) is 8.85. The molecule has 0 saturated carbocycles. The molecule has 1 N–H and O–H groups in total. The van der Waals surface area contributed by atoms with Gasteiger partial charge in [0, 0.05) is 46.0 Å². The Morgan fingerprint density at radius 1 is 0.966 bits per heavy atom. The van der Waals surface area contributed by atoms with Gasteiger partial charge in [-0.05, 0) is 68.1 Å². The molecule has 4 rings (SSSR count). The number of amides is 1. The van der Waals surface area contributed by atoms with Crippen LogP contribution >= 0.6 is 11.8 Å². The number of benzene rings is 1. The van der Waals surface area contributed by atoms with Crippen LogP contribution in [-0.2, 0) is 0 Å². The Morgan fingerprint density at radius 2 is 1.66 bits per heavy atom. The number of hydrogen-bond acceptors (Lipinski definition) is 7. The minimum absolute atomic E-state index is 0.207. The van der Waals surface area contributed by atoms with Crippen LogP contribution in [0.25, 0.3) is 11.3 Å². The molecule has 29 heavy (non-hydrogen) atoms. The molecular weight excluding hydrogens is 386 g/mol. The monoisotopic (exact) mass is 403 g/mol. The molecule has 4 aromatic rings. The second kappa shape index (κ2) is 8.24. The summed E-state index contributed by atoms with van der Waals surface area (Å²) in [5, 5.41) is 7.37. The number of pyridine rings is 1. The number of hydrogen-bond donors (Lipinski definition) is 1. The van der Waals surface area contributed by atoms with Crippen LogP contribution < -0.4 is 5.32 Å². The Labute approximate surface area is 171 Å². The molecule has 8 heteroatoms. The van der Waals surface area contributed by atoms with E-state index >= 15 is 0 Å². The van der Waals surface area contributed by atoms with Gasteiger partial charge in [0.25, 0.3) is 5.91 Å². The van der Waals surface area contributed by atoms with Gasteiger partial charge in [-0.1, -0.05) is 5.16 Å². The van der Waals surface area contributed by atoms with E-state index in [9.17, 15) is 4.79 Å². The summed E-state index contributed by atoms with van der Waals surface area (Å²) < 4.78 is 5.26. The normalized spacial score (nSPS) is 10.7. The van der Waals surface area contributed by atoms with Gasteiger partial charge < -0.3 is 9.84 Å². The fourth-order valence-corrected chi connectivity index (χ4v) is 3.54. The fourth-order valence-electron chi connectivity index (χ4n) is 2.68. The number of carbonyl (C=O) groups is 1. The summed E-state index contributed by atoms with van der Waals surface area (Å²) in [7, 11) is 0. The number of rotatable bonds is 5. The second-order valence-electron chi connectivity index (χ2n) is 6.33. The van der Waals surface area contributed by atoms with Crippen LogP contribution in [0.4, 0.5) is 5.69 Å². The zero-order chi connectivity index (χ0) is 20.2. The zero-order valence-corrected chi connectivity index (χ0v) is 16.6. The molecule has 0 atom stereocenters. The first kappa shape index (κ1) is 18.8. The minimum atomic E-state index is -0.341. The van der Waals surface area contributed by atoms with Crippen LogP contribution in [0.3, 0.4) is 0 Å². The summed E-state index contributed by atoms with van der Waals surface area (Å²) in [5.74, 6) is 0.171. The Hall–Kier alpha value is -3.52. The van der Waals surface area contributed by atoms with E-state index in [0.29, 0.717) is 16.6 Å². The molecular formula is C21H17N5O2S. The van der Waals surface area contributed by atoms with Crippen LogP contribution in [0.2, 0.25) is 0 Å². The lowest BCUT2D eigenvalue weighted by atomic mass is 10.2. The number of carbonyl (C=O) groups excluding carboxylic acids is 1. The average molecular weight is 403 g/mol. The maximum Gasteiger partial charge on any atom is 0.277 e. The van der Waals surface area contributed by atoms with Crippen LogP contribution in [0.15, 0.2) is 75.5 Å². The van der Waals surface area contributed by atoms with E-state index in [4.69, 9.17) is 4.52 Å². The van der Waals surface area contributed by atoms with Crippen molar-refractivity contribution >= 4 is 23.4 Å². The quantitative estimate of drug-likeness (QED) is 0.489. The van der Waals surface area contributed by atoms with Crippen molar-refractivity contribution in [2.24, 2.45) is 0 Å².